The standard InChI is InChI=1S/C12H16N2O2S.ClH/c1-16-10-6-11(17-8-10)12(15)14-7-9-2-4-13-5-3-9;/h2,6,8,13H,3-5,7H2,1H3,(H,14,15);1H. The van der Waals surface area contributed by atoms with E-state index in [9.17, 15) is 4.79 Å². The van der Waals surface area contributed by atoms with Crippen LogP contribution >= 0.6 is 23.7 Å². The summed E-state index contributed by atoms with van der Waals surface area (Å²) in [5.41, 5.74) is 1.29. The zero-order valence-corrected chi connectivity index (χ0v) is 11.8. The Labute approximate surface area is 117 Å². The predicted molar refractivity (Wildman–Crippen MR) is 76.0 cm³/mol. The molecule has 0 unspecified atom stereocenters. The van der Waals surface area contributed by atoms with Gasteiger partial charge in [-0.2, -0.15) is 0 Å². The summed E-state index contributed by atoms with van der Waals surface area (Å²) in [6.07, 6.45) is 3.15. The summed E-state index contributed by atoms with van der Waals surface area (Å²) in [7, 11) is 1.60. The van der Waals surface area contributed by atoms with E-state index in [1.54, 1.807) is 13.2 Å². The first-order valence-electron chi connectivity index (χ1n) is 5.59. The second-order valence-electron chi connectivity index (χ2n) is 3.85. The van der Waals surface area contributed by atoms with Crippen LogP contribution in [0.25, 0.3) is 0 Å². The number of thiophene rings is 1. The number of carbonyl (C=O) groups is 1. The normalized spacial score (nSPS) is 14.4. The van der Waals surface area contributed by atoms with Crippen molar-refractivity contribution in [1.82, 2.24) is 10.6 Å². The first-order chi connectivity index (χ1) is 8.29. The second kappa shape index (κ2) is 7.41. The number of amides is 1. The van der Waals surface area contributed by atoms with Crippen LogP contribution < -0.4 is 15.4 Å². The maximum Gasteiger partial charge on any atom is 0.261 e. The maximum absolute atomic E-state index is 11.8. The summed E-state index contributed by atoms with van der Waals surface area (Å²) in [6.45, 7) is 2.54. The van der Waals surface area contributed by atoms with Gasteiger partial charge in [0.05, 0.1) is 12.0 Å². The van der Waals surface area contributed by atoms with Gasteiger partial charge in [0.25, 0.3) is 5.91 Å². The summed E-state index contributed by atoms with van der Waals surface area (Å²) in [5.74, 6) is 0.707. The van der Waals surface area contributed by atoms with Crippen molar-refractivity contribution in [1.29, 1.82) is 0 Å². The number of hydrogen-bond donors (Lipinski definition) is 2. The molecule has 6 heteroatoms. The third-order valence-corrected chi connectivity index (χ3v) is 3.58. The van der Waals surface area contributed by atoms with Crippen LogP contribution in [-0.2, 0) is 0 Å². The Morgan fingerprint density at radius 3 is 3.06 bits per heavy atom. The molecule has 0 spiro atoms. The number of rotatable bonds is 4. The molecule has 0 fully saturated rings. The van der Waals surface area contributed by atoms with Crippen molar-refractivity contribution >= 4 is 29.7 Å². The van der Waals surface area contributed by atoms with Crippen molar-refractivity contribution in [2.45, 2.75) is 6.42 Å². The van der Waals surface area contributed by atoms with E-state index in [0.29, 0.717) is 11.4 Å². The average Bonchev–Trinajstić information content (AvgIpc) is 2.86. The number of ether oxygens (including phenoxy) is 1. The molecule has 1 aliphatic rings. The molecule has 4 nitrogen and oxygen atoms in total. The van der Waals surface area contributed by atoms with Crippen molar-refractivity contribution in [3.63, 3.8) is 0 Å². The van der Waals surface area contributed by atoms with E-state index in [1.165, 1.54) is 16.9 Å². The quantitative estimate of drug-likeness (QED) is 0.831. The summed E-state index contributed by atoms with van der Waals surface area (Å²) in [4.78, 5) is 12.5. The van der Waals surface area contributed by atoms with Crippen LogP contribution in [-0.4, -0.2) is 32.7 Å². The summed E-state index contributed by atoms with van der Waals surface area (Å²) < 4.78 is 5.05. The van der Waals surface area contributed by atoms with Gasteiger partial charge in [0, 0.05) is 24.5 Å². The van der Waals surface area contributed by atoms with Crippen molar-refractivity contribution in [3.05, 3.63) is 28.0 Å². The lowest BCUT2D eigenvalue weighted by molar-refractivity contribution is 0.0960. The molecular weight excluding hydrogens is 272 g/mol. The van der Waals surface area contributed by atoms with Gasteiger partial charge >= 0.3 is 0 Å². The highest BCUT2D eigenvalue weighted by Gasteiger charge is 2.10. The van der Waals surface area contributed by atoms with Crippen LogP contribution in [0.2, 0.25) is 0 Å². The number of hydrogen-bond acceptors (Lipinski definition) is 4. The molecule has 0 aromatic carbocycles. The highest BCUT2D eigenvalue weighted by atomic mass is 35.5. The monoisotopic (exact) mass is 288 g/mol. The molecule has 1 aromatic heterocycles. The lowest BCUT2D eigenvalue weighted by Gasteiger charge is -2.14. The van der Waals surface area contributed by atoms with Gasteiger partial charge in [0.2, 0.25) is 0 Å². The molecule has 0 saturated heterocycles. The van der Waals surface area contributed by atoms with Gasteiger partial charge in [0.15, 0.2) is 0 Å². The highest BCUT2D eigenvalue weighted by Crippen LogP contribution is 2.20. The second-order valence-corrected chi connectivity index (χ2v) is 4.76. The van der Waals surface area contributed by atoms with E-state index in [4.69, 9.17) is 4.74 Å². The van der Waals surface area contributed by atoms with Crippen LogP contribution in [0.15, 0.2) is 23.1 Å². The molecular formula is C12H17ClN2O2S. The zero-order valence-electron chi connectivity index (χ0n) is 10.2. The van der Waals surface area contributed by atoms with E-state index in [0.717, 1.165) is 25.3 Å². The molecule has 0 radical (unpaired) electrons. The lowest BCUT2D eigenvalue weighted by Crippen LogP contribution is -2.29. The Morgan fingerprint density at radius 2 is 2.44 bits per heavy atom. The van der Waals surface area contributed by atoms with Crippen LogP contribution in [0.1, 0.15) is 16.1 Å². The first-order valence-corrected chi connectivity index (χ1v) is 6.47. The van der Waals surface area contributed by atoms with E-state index in [-0.39, 0.29) is 18.3 Å². The SMILES string of the molecule is COc1csc(C(=O)NCC2=CCNCC2)c1.Cl. The third-order valence-electron chi connectivity index (χ3n) is 2.67. The molecule has 2 heterocycles. The van der Waals surface area contributed by atoms with Crippen molar-refractivity contribution in [2.75, 3.05) is 26.7 Å². The summed E-state index contributed by atoms with van der Waals surface area (Å²) >= 11 is 1.40. The number of nitrogens with one attached hydrogen (secondary N) is 2. The molecule has 2 N–H and O–H groups in total. The van der Waals surface area contributed by atoms with Gasteiger partial charge in [-0.1, -0.05) is 11.6 Å². The van der Waals surface area contributed by atoms with Crippen LogP contribution in [0.5, 0.6) is 5.75 Å². The van der Waals surface area contributed by atoms with Crippen molar-refractivity contribution in [2.24, 2.45) is 0 Å². The van der Waals surface area contributed by atoms with Gasteiger partial charge in [-0.05, 0) is 13.0 Å². The smallest absolute Gasteiger partial charge is 0.261 e. The minimum atomic E-state index is -0.0299. The van der Waals surface area contributed by atoms with Crippen LogP contribution in [0, 0.1) is 0 Å². The Hall–Kier alpha value is -1.04. The zero-order chi connectivity index (χ0) is 12.1. The number of halogens is 1. The molecule has 0 aliphatic carbocycles. The van der Waals surface area contributed by atoms with Crippen LogP contribution in [0.4, 0.5) is 0 Å². The average molecular weight is 289 g/mol. The summed E-state index contributed by atoms with van der Waals surface area (Å²) in [5, 5.41) is 8.00. The summed E-state index contributed by atoms with van der Waals surface area (Å²) in [6, 6.07) is 1.76. The fourth-order valence-corrected chi connectivity index (χ4v) is 2.43. The lowest BCUT2D eigenvalue weighted by atomic mass is 10.1. The molecule has 100 valence electrons. The molecule has 1 aliphatic heterocycles. The number of carbonyl (C=O) groups excluding carboxylic acids is 1. The molecule has 1 aromatic rings. The molecule has 0 saturated carbocycles. The van der Waals surface area contributed by atoms with E-state index in [1.807, 2.05) is 5.38 Å². The fraction of sp³-hybridized carbons (Fsp3) is 0.417. The Morgan fingerprint density at radius 1 is 1.61 bits per heavy atom. The third kappa shape index (κ3) is 4.01. The van der Waals surface area contributed by atoms with Gasteiger partial charge in [-0.3, -0.25) is 4.79 Å². The minimum absolute atomic E-state index is 0. The van der Waals surface area contributed by atoms with Crippen molar-refractivity contribution in [3.8, 4) is 5.75 Å². The van der Waals surface area contributed by atoms with Crippen molar-refractivity contribution < 1.29 is 9.53 Å². The van der Waals surface area contributed by atoms with Gasteiger partial charge in [0.1, 0.15) is 5.75 Å². The Kier molecular flexibility index (Phi) is 6.18. The van der Waals surface area contributed by atoms with Gasteiger partial charge < -0.3 is 15.4 Å². The topological polar surface area (TPSA) is 50.4 Å². The molecule has 0 atom stereocenters. The van der Waals surface area contributed by atoms with Gasteiger partial charge in [-0.15, -0.1) is 23.7 Å². The number of methoxy groups -OCH3 is 1. The van der Waals surface area contributed by atoms with E-state index in [2.05, 4.69) is 16.7 Å². The fourth-order valence-electron chi connectivity index (χ4n) is 1.66. The van der Waals surface area contributed by atoms with Gasteiger partial charge in [-0.25, -0.2) is 0 Å². The predicted octanol–water partition coefficient (Wildman–Crippen LogP) is 1.83. The van der Waals surface area contributed by atoms with Crippen LogP contribution in [0.3, 0.4) is 0 Å². The molecule has 18 heavy (non-hydrogen) atoms. The molecule has 0 bridgehead atoms. The molecule has 2 rings (SSSR count). The van der Waals surface area contributed by atoms with E-state index < -0.39 is 0 Å². The Bertz CT molecular complexity index is 431. The first kappa shape index (κ1) is 15.0. The maximum atomic E-state index is 11.8. The Balaban J connectivity index is 0.00000162. The highest BCUT2D eigenvalue weighted by molar-refractivity contribution is 7.12. The van der Waals surface area contributed by atoms with E-state index >= 15 is 0 Å². The largest absolute Gasteiger partial charge is 0.496 e. The molecule has 1 amide bonds. The minimum Gasteiger partial charge on any atom is -0.496 e.